The van der Waals surface area contributed by atoms with E-state index in [2.05, 4.69) is 4.72 Å². The van der Waals surface area contributed by atoms with E-state index in [1.807, 2.05) is 12.1 Å². The second-order valence-electron chi connectivity index (χ2n) is 3.10. The van der Waals surface area contributed by atoms with Crippen LogP contribution in [0.25, 0.3) is 0 Å². The van der Waals surface area contributed by atoms with Gasteiger partial charge in [-0.05, 0) is 24.1 Å². The average Bonchev–Trinajstić information content (AvgIpc) is 2.28. The number of hydrogen-bond donors (Lipinski definition) is 1. The summed E-state index contributed by atoms with van der Waals surface area (Å²) in [6, 6.07) is 5.46. The van der Waals surface area contributed by atoms with Gasteiger partial charge in [0.05, 0.1) is 14.2 Å². The monoisotopic (exact) mass is 244 g/mol. The molecule has 0 spiro atoms. The van der Waals surface area contributed by atoms with Gasteiger partial charge in [-0.3, -0.25) is 4.21 Å². The molecular weight excluding hydrogens is 230 g/mol. The van der Waals surface area contributed by atoms with Crippen molar-refractivity contribution in [3.8, 4) is 11.5 Å². The van der Waals surface area contributed by atoms with E-state index in [4.69, 9.17) is 9.47 Å². The van der Waals surface area contributed by atoms with Gasteiger partial charge in [0, 0.05) is 23.9 Å². The predicted octanol–water partition coefficient (Wildman–Crippen LogP) is 0.630. The Morgan fingerprint density at radius 1 is 1.25 bits per heavy atom. The van der Waals surface area contributed by atoms with Crippen molar-refractivity contribution in [1.29, 1.82) is 0 Å². The van der Waals surface area contributed by atoms with Gasteiger partial charge in [-0.15, -0.1) is 0 Å². The van der Waals surface area contributed by atoms with Gasteiger partial charge in [0.1, 0.15) is 11.5 Å². The Kier molecular flexibility index (Phi) is 5.24. The minimum absolute atomic E-state index is 0.354. The van der Waals surface area contributed by atoms with Gasteiger partial charge in [0.15, 0.2) is 0 Å². The summed E-state index contributed by atoms with van der Waals surface area (Å²) in [7, 11) is 3.15. The maximum atomic E-state index is 10.3. The molecule has 1 aromatic carbocycles. The Hall–Kier alpha value is -1.11. The van der Waals surface area contributed by atoms with Crippen molar-refractivity contribution >= 4 is 11.3 Å². The zero-order valence-electron chi connectivity index (χ0n) is 9.19. The van der Waals surface area contributed by atoms with E-state index in [0.29, 0.717) is 24.5 Å². The van der Waals surface area contributed by atoms with Gasteiger partial charge >= 0.3 is 0 Å². The number of rotatable bonds is 6. The van der Waals surface area contributed by atoms with Crippen molar-refractivity contribution in [3.05, 3.63) is 23.8 Å². The molecule has 0 aliphatic heterocycles. The van der Waals surface area contributed by atoms with Gasteiger partial charge in [-0.2, -0.15) is 0 Å². The molecule has 1 atom stereocenters. The van der Waals surface area contributed by atoms with Crippen LogP contribution in [0.15, 0.2) is 18.2 Å². The Balaban J connectivity index is 2.67. The van der Waals surface area contributed by atoms with Crippen LogP contribution in [0.2, 0.25) is 0 Å². The zero-order valence-corrected chi connectivity index (χ0v) is 10.0. The number of ether oxygens (including phenoxy) is 2. The highest BCUT2D eigenvalue weighted by Gasteiger charge is 2.01. The SMILES string of the molecule is COc1cc(CCNS(=O)[O-])cc(OC)c1. The zero-order chi connectivity index (χ0) is 12.0. The van der Waals surface area contributed by atoms with E-state index in [0.717, 1.165) is 5.56 Å². The van der Waals surface area contributed by atoms with Crippen LogP contribution in [0, 0.1) is 0 Å². The summed E-state index contributed by atoms with van der Waals surface area (Å²) in [6.07, 6.45) is 0.585. The Bertz CT molecular complexity index is 348. The highest BCUT2D eigenvalue weighted by molar-refractivity contribution is 7.77. The first-order valence-corrected chi connectivity index (χ1v) is 5.78. The molecule has 0 aliphatic carbocycles. The first-order chi connectivity index (χ1) is 7.65. The second kappa shape index (κ2) is 6.47. The molecule has 1 unspecified atom stereocenters. The molecule has 1 rings (SSSR count). The summed E-state index contributed by atoms with van der Waals surface area (Å²) in [4.78, 5) is 0. The Morgan fingerprint density at radius 3 is 2.25 bits per heavy atom. The molecule has 16 heavy (non-hydrogen) atoms. The average molecular weight is 244 g/mol. The minimum atomic E-state index is -2.22. The van der Waals surface area contributed by atoms with Crippen molar-refractivity contribution in [1.82, 2.24) is 4.72 Å². The number of benzene rings is 1. The van der Waals surface area contributed by atoms with Gasteiger partial charge in [-0.25, -0.2) is 4.72 Å². The summed E-state index contributed by atoms with van der Waals surface area (Å²) in [5.74, 6) is 1.38. The van der Waals surface area contributed by atoms with E-state index in [-0.39, 0.29) is 0 Å². The van der Waals surface area contributed by atoms with Crippen LogP contribution in [0.3, 0.4) is 0 Å². The molecule has 0 aliphatic rings. The normalized spacial score (nSPS) is 12.2. The van der Waals surface area contributed by atoms with Crippen LogP contribution in [-0.4, -0.2) is 29.5 Å². The fraction of sp³-hybridized carbons (Fsp3) is 0.400. The molecule has 90 valence electrons. The molecule has 5 nitrogen and oxygen atoms in total. The predicted molar refractivity (Wildman–Crippen MR) is 60.2 cm³/mol. The molecule has 0 bridgehead atoms. The van der Waals surface area contributed by atoms with Crippen molar-refractivity contribution in [2.45, 2.75) is 6.42 Å². The Labute approximate surface area is 97.2 Å². The number of nitrogens with one attached hydrogen (secondary N) is 1. The summed E-state index contributed by atoms with van der Waals surface area (Å²) in [6.45, 7) is 0.354. The second-order valence-corrected chi connectivity index (χ2v) is 3.86. The molecule has 0 saturated heterocycles. The van der Waals surface area contributed by atoms with Crippen molar-refractivity contribution in [2.24, 2.45) is 0 Å². The fourth-order valence-electron chi connectivity index (χ4n) is 1.29. The standard InChI is InChI=1S/C10H15NO4S/c1-14-9-5-8(3-4-11-16(12)13)6-10(7-9)15-2/h5-7,11H,3-4H2,1-2H3,(H,12,13)/p-1. The molecule has 0 fully saturated rings. The van der Waals surface area contributed by atoms with Crippen molar-refractivity contribution in [3.63, 3.8) is 0 Å². The van der Waals surface area contributed by atoms with E-state index in [1.165, 1.54) is 0 Å². The molecule has 0 heterocycles. The van der Waals surface area contributed by atoms with Crippen LogP contribution < -0.4 is 14.2 Å². The van der Waals surface area contributed by atoms with Crippen LogP contribution >= 0.6 is 0 Å². The lowest BCUT2D eigenvalue weighted by molar-refractivity contribution is 0.393. The van der Waals surface area contributed by atoms with E-state index < -0.39 is 11.3 Å². The first kappa shape index (κ1) is 13.0. The maximum absolute atomic E-state index is 10.3. The largest absolute Gasteiger partial charge is 0.760 e. The third-order valence-electron chi connectivity index (χ3n) is 2.04. The lowest BCUT2D eigenvalue weighted by Gasteiger charge is -2.10. The summed E-state index contributed by atoms with van der Waals surface area (Å²) in [5.41, 5.74) is 0.953. The van der Waals surface area contributed by atoms with E-state index in [9.17, 15) is 8.76 Å². The fourth-order valence-corrected chi connectivity index (χ4v) is 1.56. The molecule has 0 radical (unpaired) electrons. The van der Waals surface area contributed by atoms with Gasteiger partial charge in [0.2, 0.25) is 0 Å². The number of methoxy groups -OCH3 is 2. The van der Waals surface area contributed by atoms with Crippen LogP contribution in [0.5, 0.6) is 11.5 Å². The Morgan fingerprint density at radius 2 is 1.81 bits per heavy atom. The highest BCUT2D eigenvalue weighted by Crippen LogP contribution is 2.22. The van der Waals surface area contributed by atoms with Crippen molar-refractivity contribution in [2.75, 3.05) is 20.8 Å². The van der Waals surface area contributed by atoms with Crippen molar-refractivity contribution < 1.29 is 18.2 Å². The van der Waals surface area contributed by atoms with Crippen LogP contribution in [0.1, 0.15) is 5.56 Å². The molecule has 0 aromatic heterocycles. The number of hydrogen-bond acceptors (Lipinski definition) is 4. The van der Waals surface area contributed by atoms with Crippen LogP contribution in [0.4, 0.5) is 0 Å². The molecular formula is C10H14NO4S-. The third-order valence-corrected chi connectivity index (χ3v) is 2.48. The summed E-state index contributed by atoms with van der Waals surface area (Å²) < 4.78 is 33.1. The molecule has 1 aromatic rings. The minimum Gasteiger partial charge on any atom is -0.760 e. The van der Waals surface area contributed by atoms with Gasteiger partial charge in [-0.1, -0.05) is 0 Å². The summed E-state index contributed by atoms with van der Waals surface area (Å²) in [5, 5.41) is 0. The molecule has 6 heteroatoms. The van der Waals surface area contributed by atoms with Gasteiger partial charge < -0.3 is 14.0 Å². The lowest BCUT2D eigenvalue weighted by atomic mass is 10.1. The van der Waals surface area contributed by atoms with Gasteiger partial charge in [0.25, 0.3) is 0 Å². The van der Waals surface area contributed by atoms with Crippen LogP contribution in [-0.2, 0) is 17.7 Å². The topological polar surface area (TPSA) is 70.6 Å². The first-order valence-electron chi connectivity index (χ1n) is 4.70. The smallest absolute Gasteiger partial charge is 0.122 e. The quantitative estimate of drug-likeness (QED) is 0.745. The molecule has 1 N–H and O–H groups in total. The highest BCUT2D eigenvalue weighted by atomic mass is 32.2. The third kappa shape index (κ3) is 4.18. The molecule has 0 amide bonds. The molecule has 0 saturated carbocycles. The van der Waals surface area contributed by atoms with E-state index >= 15 is 0 Å². The maximum Gasteiger partial charge on any atom is 0.122 e. The lowest BCUT2D eigenvalue weighted by Crippen LogP contribution is -2.19. The summed E-state index contributed by atoms with van der Waals surface area (Å²) >= 11 is -2.22. The van der Waals surface area contributed by atoms with E-state index in [1.54, 1.807) is 20.3 Å².